The van der Waals surface area contributed by atoms with E-state index in [4.69, 9.17) is 11.6 Å². The number of benzene rings is 2. The minimum absolute atomic E-state index is 0.0814. The SMILES string of the molecule is Cc1cccc2c1-c1c(C)cccc1C(Cl)C(=O)C2. The van der Waals surface area contributed by atoms with Crippen molar-refractivity contribution in [3.05, 3.63) is 58.7 Å². The first-order chi connectivity index (χ1) is 9.09. The molecule has 0 aromatic heterocycles. The average molecular weight is 271 g/mol. The van der Waals surface area contributed by atoms with E-state index in [1.165, 1.54) is 16.7 Å². The maximum atomic E-state index is 12.2. The van der Waals surface area contributed by atoms with E-state index in [0.29, 0.717) is 6.42 Å². The Morgan fingerprint density at radius 3 is 2.37 bits per heavy atom. The number of hydrogen-bond donors (Lipinski definition) is 0. The van der Waals surface area contributed by atoms with Crippen LogP contribution in [-0.4, -0.2) is 5.78 Å². The lowest BCUT2D eigenvalue weighted by Crippen LogP contribution is -2.08. The predicted molar refractivity (Wildman–Crippen MR) is 78.7 cm³/mol. The molecule has 0 aliphatic heterocycles. The maximum absolute atomic E-state index is 12.2. The molecule has 0 spiro atoms. The summed E-state index contributed by atoms with van der Waals surface area (Å²) in [7, 11) is 0. The Bertz CT molecular complexity index is 673. The summed E-state index contributed by atoms with van der Waals surface area (Å²) >= 11 is 6.37. The number of fused-ring (bicyclic) bond motifs is 3. The van der Waals surface area contributed by atoms with Gasteiger partial charge in [-0.05, 0) is 47.2 Å². The summed E-state index contributed by atoms with van der Waals surface area (Å²) in [6.07, 6.45) is 0.416. The molecule has 0 radical (unpaired) electrons. The molecule has 0 bridgehead atoms. The highest BCUT2D eigenvalue weighted by Gasteiger charge is 2.28. The smallest absolute Gasteiger partial charge is 0.159 e. The van der Waals surface area contributed by atoms with Crippen LogP contribution in [0.5, 0.6) is 0 Å². The van der Waals surface area contributed by atoms with E-state index >= 15 is 0 Å². The molecule has 0 amide bonds. The van der Waals surface area contributed by atoms with Crippen molar-refractivity contribution in [3.8, 4) is 11.1 Å². The van der Waals surface area contributed by atoms with Crippen LogP contribution in [-0.2, 0) is 11.2 Å². The first kappa shape index (κ1) is 12.4. The second-order valence-corrected chi connectivity index (χ2v) is 5.59. The van der Waals surface area contributed by atoms with E-state index in [0.717, 1.165) is 16.7 Å². The Labute approximate surface area is 118 Å². The highest BCUT2D eigenvalue weighted by Crippen LogP contribution is 2.41. The molecule has 2 aromatic carbocycles. The van der Waals surface area contributed by atoms with Crippen molar-refractivity contribution in [2.24, 2.45) is 0 Å². The van der Waals surface area contributed by atoms with Crippen molar-refractivity contribution in [1.82, 2.24) is 0 Å². The molecule has 1 atom stereocenters. The minimum atomic E-state index is -0.540. The molecule has 0 saturated carbocycles. The molecular formula is C17H15ClO. The third kappa shape index (κ3) is 1.89. The van der Waals surface area contributed by atoms with Crippen molar-refractivity contribution in [2.75, 3.05) is 0 Å². The van der Waals surface area contributed by atoms with Gasteiger partial charge in [0.15, 0.2) is 5.78 Å². The van der Waals surface area contributed by atoms with Gasteiger partial charge in [0.2, 0.25) is 0 Å². The van der Waals surface area contributed by atoms with E-state index in [1.54, 1.807) is 0 Å². The van der Waals surface area contributed by atoms with Crippen LogP contribution in [0.3, 0.4) is 0 Å². The van der Waals surface area contributed by atoms with Crippen molar-refractivity contribution in [3.63, 3.8) is 0 Å². The van der Waals surface area contributed by atoms with Gasteiger partial charge >= 0.3 is 0 Å². The highest BCUT2D eigenvalue weighted by atomic mass is 35.5. The van der Waals surface area contributed by atoms with Crippen LogP contribution < -0.4 is 0 Å². The number of carbonyl (C=O) groups is 1. The Hall–Kier alpha value is -1.60. The minimum Gasteiger partial charge on any atom is -0.297 e. The van der Waals surface area contributed by atoms with Crippen LogP contribution in [0.15, 0.2) is 36.4 Å². The fourth-order valence-corrected chi connectivity index (χ4v) is 3.19. The third-order valence-electron chi connectivity index (χ3n) is 3.83. The Balaban J connectivity index is 2.43. The Morgan fingerprint density at radius 1 is 1.00 bits per heavy atom. The quantitative estimate of drug-likeness (QED) is 0.650. The normalized spacial score (nSPS) is 17.6. The van der Waals surface area contributed by atoms with Gasteiger partial charge in [-0.3, -0.25) is 4.79 Å². The number of aryl methyl sites for hydroxylation is 2. The summed E-state index contributed by atoms with van der Waals surface area (Å²) in [4.78, 5) is 12.2. The number of alkyl halides is 1. The first-order valence-electron chi connectivity index (χ1n) is 6.44. The molecule has 0 N–H and O–H groups in total. The van der Waals surface area contributed by atoms with Gasteiger partial charge < -0.3 is 0 Å². The average Bonchev–Trinajstić information content (AvgIpc) is 2.49. The molecule has 2 aromatic rings. The number of ketones is 1. The van der Waals surface area contributed by atoms with Crippen molar-refractivity contribution >= 4 is 17.4 Å². The van der Waals surface area contributed by atoms with Gasteiger partial charge in [0.1, 0.15) is 5.38 Å². The van der Waals surface area contributed by atoms with Crippen molar-refractivity contribution < 1.29 is 4.79 Å². The van der Waals surface area contributed by atoms with E-state index < -0.39 is 5.38 Å². The molecule has 0 heterocycles. The lowest BCUT2D eigenvalue weighted by atomic mass is 9.90. The molecule has 0 saturated heterocycles. The van der Waals surface area contributed by atoms with E-state index in [2.05, 4.69) is 26.0 Å². The van der Waals surface area contributed by atoms with Crippen molar-refractivity contribution in [2.45, 2.75) is 25.6 Å². The summed E-state index contributed by atoms with van der Waals surface area (Å²) in [6, 6.07) is 12.2. The molecule has 1 nitrogen and oxygen atoms in total. The standard InChI is InChI=1S/C17H15ClO/c1-10-5-3-7-12-9-14(19)17(18)13-8-4-6-11(2)16(13)15(10)12/h3-8,17H,9H2,1-2H3. The summed E-state index contributed by atoms with van der Waals surface area (Å²) in [6.45, 7) is 4.17. The van der Waals surface area contributed by atoms with Gasteiger partial charge in [-0.1, -0.05) is 36.4 Å². The number of halogens is 1. The van der Waals surface area contributed by atoms with Gasteiger partial charge in [0.25, 0.3) is 0 Å². The molecule has 96 valence electrons. The molecule has 3 rings (SSSR count). The van der Waals surface area contributed by atoms with Crippen LogP contribution in [0.1, 0.15) is 27.6 Å². The number of rotatable bonds is 0. The predicted octanol–water partition coefficient (Wildman–Crippen LogP) is 4.38. The van der Waals surface area contributed by atoms with Gasteiger partial charge in [0.05, 0.1) is 0 Å². The van der Waals surface area contributed by atoms with Crippen molar-refractivity contribution in [1.29, 1.82) is 0 Å². The van der Waals surface area contributed by atoms with Crippen LogP contribution in [0.4, 0.5) is 0 Å². The molecule has 1 unspecified atom stereocenters. The topological polar surface area (TPSA) is 17.1 Å². The Morgan fingerprint density at radius 2 is 1.63 bits per heavy atom. The fraction of sp³-hybridized carbons (Fsp3) is 0.235. The van der Waals surface area contributed by atoms with E-state index in [9.17, 15) is 4.79 Å². The number of hydrogen-bond acceptors (Lipinski definition) is 1. The maximum Gasteiger partial charge on any atom is 0.159 e. The largest absolute Gasteiger partial charge is 0.297 e. The summed E-state index contributed by atoms with van der Waals surface area (Å²) in [5.41, 5.74) is 6.73. The van der Waals surface area contributed by atoms with Crippen LogP contribution in [0, 0.1) is 13.8 Å². The van der Waals surface area contributed by atoms with Gasteiger partial charge in [0, 0.05) is 6.42 Å². The summed E-state index contributed by atoms with van der Waals surface area (Å²) in [5.74, 6) is 0.0814. The summed E-state index contributed by atoms with van der Waals surface area (Å²) in [5, 5.41) is -0.540. The monoisotopic (exact) mass is 270 g/mol. The van der Waals surface area contributed by atoms with E-state index in [-0.39, 0.29) is 5.78 Å². The molecule has 1 aliphatic rings. The van der Waals surface area contributed by atoms with Crippen LogP contribution in [0.2, 0.25) is 0 Å². The molecular weight excluding hydrogens is 256 g/mol. The first-order valence-corrected chi connectivity index (χ1v) is 6.88. The molecule has 19 heavy (non-hydrogen) atoms. The molecule has 2 heteroatoms. The Kier molecular flexibility index (Phi) is 2.94. The van der Waals surface area contributed by atoms with Gasteiger partial charge in [-0.15, -0.1) is 11.6 Å². The number of Topliss-reactive ketones (excluding diaryl/α,β-unsaturated/α-hetero) is 1. The zero-order valence-corrected chi connectivity index (χ0v) is 11.8. The second kappa shape index (κ2) is 4.50. The zero-order chi connectivity index (χ0) is 13.6. The highest BCUT2D eigenvalue weighted by molar-refractivity contribution is 6.32. The summed E-state index contributed by atoms with van der Waals surface area (Å²) < 4.78 is 0. The molecule has 0 fully saturated rings. The second-order valence-electron chi connectivity index (χ2n) is 5.15. The lowest BCUT2D eigenvalue weighted by molar-refractivity contribution is -0.118. The van der Waals surface area contributed by atoms with Crippen LogP contribution in [0.25, 0.3) is 11.1 Å². The third-order valence-corrected chi connectivity index (χ3v) is 4.31. The fourth-order valence-electron chi connectivity index (χ4n) is 2.93. The zero-order valence-electron chi connectivity index (χ0n) is 11.0. The number of carbonyl (C=O) groups excluding carboxylic acids is 1. The van der Waals surface area contributed by atoms with Gasteiger partial charge in [-0.25, -0.2) is 0 Å². The van der Waals surface area contributed by atoms with Gasteiger partial charge in [-0.2, -0.15) is 0 Å². The lowest BCUT2D eigenvalue weighted by Gasteiger charge is -2.15. The van der Waals surface area contributed by atoms with E-state index in [1.807, 2.05) is 24.3 Å². The molecule has 1 aliphatic carbocycles. The van der Waals surface area contributed by atoms with Crippen LogP contribution >= 0.6 is 11.6 Å².